The highest BCUT2D eigenvalue weighted by atomic mass is 16.5. The first-order valence-electron chi connectivity index (χ1n) is 15.3. The number of hydrogen-bond donors (Lipinski definition) is 3. The smallest absolute Gasteiger partial charge is 0.251 e. The Morgan fingerprint density at radius 2 is 1.14 bits per heavy atom. The minimum absolute atomic E-state index is 0.221. The van der Waals surface area contributed by atoms with Gasteiger partial charge in [-0.25, -0.2) is 0 Å². The fourth-order valence-electron chi connectivity index (χ4n) is 4.95. The number of benzene rings is 2. The number of Topliss-reactive ketones (excluding diaryl/α,β-unsaturated/α-hetero) is 1. The van der Waals surface area contributed by atoms with E-state index in [1.165, 1.54) is 80.5 Å². The first kappa shape index (κ1) is 35.9. The number of nitrogens with one attached hydrogen (secondary N) is 2. The Balaban J connectivity index is 2.15. The molecule has 0 saturated carbocycles. The van der Waals surface area contributed by atoms with Gasteiger partial charge in [0.15, 0.2) is 28.8 Å². The van der Waals surface area contributed by atoms with Crippen molar-refractivity contribution in [2.45, 2.75) is 90.7 Å². The molecular formula is C34H52N2O7. The lowest BCUT2D eigenvalue weighted by Gasteiger charge is -2.21. The van der Waals surface area contributed by atoms with Gasteiger partial charge in [0, 0.05) is 34.8 Å². The molecule has 1 amide bonds. The molecule has 0 saturated heterocycles. The minimum atomic E-state index is -1.61. The van der Waals surface area contributed by atoms with Gasteiger partial charge in [-0.1, -0.05) is 52.4 Å². The standard InChI is InChI=1S/C34H52N2O7/c1-23(2)35-17-15-13-11-9-10-12-14-16-18-36-33(38)25-20-27(31(43-8)29(22-25)41-6)26-19-24(32(37)34(3,4)39)21-28(40-5)30(26)42-7/h19-23,35,39H,9-18H2,1-8H3,(H,36,38). The summed E-state index contributed by atoms with van der Waals surface area (Å²) in [5.74, 6) is 0.626. The number of carbonyl (C=O) groups excluding carboxylic acids is 2. The van der Waals surface area contributed by atoms with Crippen LogP contribution >= 0.6 is 0 Å². The first-order chi connectivity index (χ1) is 20.5. The van der Waals surface area contributed by atoms with Gasteiger partial charge < -0.3 is 34.7 Å². The SMILES string of the molecule is COc1cc(C(=O)NCCCCCCCCCCNC(C)C)cc(-c2cc(C(=O)C(C)(C)O)cc(OC)c2OC)c1OC. The summed E-state index contributed by atoms with van der Waals surface area (Å²) in [7, 11) is 5.96. The molecule has 2 aromatic rings. The molecule has 0 aliphatic heterocycles. The Labute approximate surface area is 257 Å². The second-order valence-electron chi connectivity index (χ2n) is 11.6. The molecule has 0 fully saturated rings. The van der Waals surface area contributed by atoms with E-state index < -0.39 is 11.4 Å². The summed E-state index contributed by atoms with van der Waals surface area (Å²) in [6, 6.07) is 6.99. The Morgan fingerprint density at radius 3 is 1.58 bits per heavy atom. The molecule has 0 aromatic heterocycles. The first-order valence-corrected chi connectivity index (χ1v) is 15.3. The van der Waals surface area contributed by atoms with Crippen LogP contribution < -0.4 is 29.6 Å². The van der Waals surface area contributed by atoms with Crippen molar-refractivity contribution in [3.05, 3.63) is 35.4 Å². The highest BCUT2D eigenvalue weighted by Gasteiger charge is 2.29. The van der Waals surface area contributed by atoms with Crippen LogP contribution in [0.3, 0.4) is 0 Å². The van der Waals surface area contributed by atoms with E-state index in [0.29, 0.717) is 52.3 Å². The maximum atomic E-state index is 13.2. The van der Waals surface area contributed by atoms with Gasteiger partial charge in [-0.15, -0.1) is 0 Å². The van der Waals surface area contributed by atoms with Crippen LogP contribution in [0.4, 0.5) is 0 Å². The summed E-state index contributed by atoms with van der Waals surface area (Å²) in [5, 5.41) is 16.9. The number of carbonyl (C=O) groups is 2. The molecule has 3 N–H and O–H groups in total. The summed E-state index contributed by atoms with van der Waals surface area (Å²) in [5.41, 5.74) is -0.0763. The van der Waals surface area contributed by atoms with E-state index in [1.54, 1.807) is 18.2 Å². The second-order valence-corrected chi connectivity index (χ2v) is 11.6. The maximum absolute atomic E-state index is 13.2. The van der Waals surface area contributed by atoms with Crippen molar-refractivity contribution in [1.29, 1.82) is 0 Å². The average molecular weight is 601 g/mol. The molecule has 0 aliphatic rings. The van der Waals surface area contributed by atoms with Gasteiger partial charge in [0.1, 0.15) is 5.60 Å². The molecule has 2 rings (SSSR count). The number of aliphatic hydroxyl groups is 1. The molecule has 0 bridgehead atoms. The van der Waals surface area contributed by atoms with Crippen LogP contribution in [0.5, 0.6) is 23.0 Å². The predicted octanol–water partition coefficient (Wildman–Crippen LogP) is 6.19. The molecule has 0 unspecified atom stereocenters. The van der Waals surface area contributed by atoms with Crippen molar-refractivity contribution in [1.82, 2.24) is 10.6 Å². The number of ether oxygens (including phenoxy) is 4. The molecule has 2 aromatic carbocycles. The molecule has 0 atom stereocenters. The van der Waals surface area contributed by atoms with Gasteiger partial charge in [0.05, 0.1) is 28.4 Å². The predicted molar refractivity (Wildman–Crippen MR) is 171 cm³/mol. The van der Waals surface area contributed by atoms with Crippen LogP contribution in [0.25, 0.3) is 11.1 Å². The zero-order valence-corrected chi connectivity index (χ0v) is 27.4. The lowest BCUT2D eigenvalue weighted by Crippen LogP contribution is -2.31. The molecule has 9 heteroatoms. The van der Waals surface area contributed by atoms with Crippen LogP contribution in [-0.2, 0) is 0 Å². The lowest BCUT2D eigenvalue weighted by atomic mass is 9.92. The van der Waals surface area contributed by atoms with Crippen molar-refractivity contribution < 1.29 is 33.6 Å². The van der Waals surface area contributed by atoms with Crippen molar-refractivity contribution in [3.63, 3.8) is 0 Å². The van der Waals surface area contributed by atoms with Gasteiger partial charge in [-0.3, -0.25) is 9.59 Å². The van der Waals surface area contributed by atoms with Crippen molar-refractivity contribution >= 4 is 11.7 Å². The van der Waals surface area contributed by atoms with Crippen molar-refractivity contribution in [2.24, 2.45) is 0 Å². The number of amides is 1. The zero-order valence-electron chi connectivity index (χ0n) is 27.4. The summed E-state index contributed by atoms with van der Waals surface area (Å²) < 4.78 is 22.5. The Bertz CT molecular complexity index is 1190. The third-order valence-electron chi connectivity index (χ3n) is 7.27. The highest BCUT2D eigenvalue weighted by Crippen LogP contribution is 2.46. The summed E-state index contributed by atoms with van der Waals surface area (Å²) in [6.07, 6.45) is 9.34. The Kier molecular flexibility index (Phi) is 14.8. The fourth-order valence-corrected chi connectivity index (χ4v) is 4.95. The van der Waals surface area contributed by atoms with Crippen LogP contribution in [0, 0.1) is 0 Å². The van der Waals surface area contributed by atoms with E-state index in [9.17, 15) is 14.7 Å². The van der Waals surface area contributed by atoms with Gasteiger partial charge in [-0.2, -0.15) is 0 Å². The maximum Gasteiger partial charge on any atom is 0.251 e. The molecule has 240 valence electrons. The van der Waals surface area contributed by atoms with Gasteiger partial charge in [0.2, 0.25) is 0 Å². The second kappa shape index (κ2) is 17.7. The summed E-state index contributed by atoms with van der Waals surface area (Å²) in [4.78, 5) is 26.2. The number of rotatable bonds is 20. The molecule has 9 nitrogen and oxygen atoms in total. The third kappa shape index (κ3) is 10.7. The van der Waals surface area contributed by atoms with Gasteiger partial charge in [0.25, 0.3) is 5.91 Å². The quantitative estimate of drug-likeness (QED) is 0.122. The van der Waals surface area contributed by atoms with Crippen LogP contribution in [-0.4, -0.2) is 70.0 Å². The normalized spacial score (nSPS) is 11.4. The minimum Gasteiger partial charge on any atom is -0.493 e. The zero-order chi connectivity index (χ0) is 32.0. The number of unbranched alkanes of at least 4 members (excludes halogenated alkanes) is 7. The average Bonchev–Trinajstić information content (AvgIpc) is 2.98. The Hall–Kier alpha value is -3.30. The summed E-state index contributed by atoms with van der Waals surface area (Å²) >= 11 is 0. The van der Waals surface area contributed by atoms with E-state index in [4.69, 9.17) is 18.9 Å². The largest absolute Gasteiger partial charge is 0.493 e. The molecule has 43 heavy (non-hydrogen) atoms. The van der Waals surface area contributed by atoms with E-state index in [-0.39, 0.29) is 11.5 Å². The number of ketones is 1. The molecular weight excluding hydrogens is 548 g/mol. The van der Waals surface area contributed by atoms with Crippen LogP contribution in [0.2, 0.25) is 0 Å². The van der Waals surface area contributed by atoms with Crippen molar-refractivity contribution in [2.75, 3.05) is 41.5 Å². The molecule has 0 spiro atoms. The molecule has 0 heterocycles. The summed E-state index contributed by atoms with van der Waals surface area (Å²) in [6.45, 7) is 8.86. The monoisotopic (exact) mass is 600 g/mol. The highest BCUT2D eigenvalue weighted by molar-refractivity contribution is 6.04. The fraction of sp³-hybridized carbons (Fsp3) is 0.588. The van der Waals surface area contributed by atoms with E-state index in [1.807, 2.05) is 0 Å². The van der Waals surface area contributed by atoms with E-state index in [0.717, 1.165) is 25.8 Å². The molecule has 0 radical (unpaired) electrons. The van der Waals surface area contributed by atoms with Gasteiger partial charge in [-0.05, 0) is 57.5 Å². The van der Waals surface area contributed by atoms with Crippen molar-refractivity contribution in [3.8, 4) is 34.1 Å². The van der Waals surface area contributed by atoms with Crippen LogP contribution in [0.15, 0.2) is 24.3 Å². The van der Waals surface area contributed by atoms with E-state index in [2.05, 4.69) is 24.5 Å². The number of hydrogen-bond acceptors (Lipinski definition) is 8. The topological polar surface area (TPSA) is 115 Å². The van der Waals surface area contributed by atoms with Gasteiger partial charge >= 0.3 is 0 Å². The third-order valence-corrected chi connectivity index (χ3v) is 7.27. The number of methoxy groups -OCH3 is 4. The molecule has 0 aliphatic carbocycles. The lowest BCUT2D eigenvalue weighted by molar-refractivity contribution is 0.0487. The van der Waals surface area contributed by atoms with Crippen LogP contribution in [0.1, 0.15) is 99.8 Å². The Morgan fingerprint density at radius 1 is 0.698 bits per heavy atom. The van der Waals surface area contributed by atoms with E-state index >= 15 is 0 Å².